The van der Waals surface area contributed by atoms with E-state index in [-0.39, 0.29) is 0 Å². The Hall–Kier alpha value is -1.76. The van der Waals surface area contributed by atoms with E-state index in [1.165, 1.54) is 69.6 Å². The lowest BCUT2D eigenvalue weighted by atomic mass is 9.92. The van der Waals surface area contributed by atoms with Crippen LogP contribution in [0.5, 0.6) is 0 Å². The molecule has 0 unspecified atom stereocenters. The molecule has 0 radical (unpaired) electrons. The van der Waals surface area contributed by atoms with Crippen LogP contribution < -0.4 is 15.8 Å². The van der Waals surface area contributed by atoms with Crippen LogP contribution in [0, 0.1) is 12.8 Å². The van der Waals surface area contributed by atoms with Crippen molar-refractivity contribution in [3.05, 3.63) is 50.4 Å². The number of unbranched alkanes of at least 4 members (excludes halogenated alkanes) is 2. The molecule has 30 heavy (non-hydrogen) atoms. The summed E-state index contributed by atoms with van der Waals surface area (Å²) >= 11 is 0. The maximum atomic E-state index is 4.54. The number of benzene rings is 1. The van der Waals surface area contributed by atoms with Gasteiger partial charge >= 0.3 is 0 Å². The zero-order valence-corrected chi connectivity index (χ0v) is 21.0. The maximum Gasteiger partial charge on any atom is 0.0449 e. The first-order valence-electron chi connectivity index (χ1n) is 12.0. The molecule has 0 saturated carbocycles. The summed E-state index contributed by atoms with van der Waals surface area (Å²) in [5, 5.41) is 6.15. The fraction of sp³-hybridized carbons (Fsp3) is 0.586. The van der Waals surface area contributed by atoms with Crippen molar-refractivity contribution in [3.8, 4) is 0 Å². The Kier molecular flexibility index (Phi) is 11.8. The van der Waals surface area contributed by atoms with Crippen molar-refractivity contribution in [1.29, 1.82) is 0 Å². The first-order chi connectivity index (χ1) is 14.2. The molecular weight excluding hydrogens is 362 g/mol. The summed E-state index contributed by atoms with van der Waals surface area (Å²) in [7, 11) is 0. The summed E-state index contributed by atoms with van der Waals surface area (Å²) in [4.78, 5) is 0. The molecule has 0 bridgehead atoms. The van der Waals surface area contributed by atoms with Gasteiger partial charge in [0, 0.05) is 12.2 Å². The summed E-state index contributed by atoms with van der Waals surface area (Å²) < 4.78 is 0. The normalized spacial score (nSPS) is 11.8. The molecule has 1 rings (SSSR count). The molecule has 0 aliphatic rings. The van der Waals surface area contributed by atoms with E-state index in [4.69, 9.17) is 0 Å². The Labute approximate surface area is 187 Å². The number of anilines is 1. The van der Waals surface area contributed by atoms with Crippen molar-refractivity contribution in [2.45, 2.75) is 99.8 Å². The van der Waals surface area contributed by atoms with Gasteiger partial charge in [-0.15, -0.1) is 0 Å². The smallest absolute Gasteiger partial charge is 0.0449 e. The molecule has 0 aromatic heterocycles. The lowest BCUT2D eigenvalue weighted by Gasteiger charge is -2.19. The van der Waals surface area contributed by atoms with Crippen LogP contribution in [0.25, 0.3) is 13.2 Å². The molecule has 0 spiro atoms. The third kappa shape index (κ3) is 8.54. The molecule has 0 saturated heterocycles. The lowest BCUT2D eigenvalue weighted by molar-refractivity contribution is 0.606. The molecule has 1 N–H and O–H groups in total. The van der Waals surface area contributed by atoms with E-state index in [1.54, 1.807) is 0 Å². The third-order valence-corrected chi connectivity index (χ3v) is 6.04. The van der Waals surface area contributed by atoms with E-state index >= 15 is 0 Å². The van der Waals surface area contributed by atoms with Crippen molar-refractivity contribution in [2.75, 3.05) is 11.9 Å². The van der Waals surface area contributed by atoms with Gasteiger partial charge in [0.1, 0.15) is 0 Å². The minimum absolute atomic E-state index is 0.699. The largest absolute Gasteiger partial charge is 0.384 e. The highest BCUT2D eigenvalue weighted by molar-refractivity contribution is 5.59. The zero-order valence-electron chi connectivity index (χ0n) is 21.0. The van der Waals surface area contributed by atoms with Gasteiger partial charge in [0.15, 0.2) is 0 Å². The predicted molar refractivity (Wildman–Crippen MR) is 139 cm³/mol. The van der Waals surface area contributed by atoms with E-state index in [1.807, 2.05) is 0 Å². The first-order valence-corrected chi connectivity index (χ1v) is 12.0. The van der Waals surface area contributed by atoms with Crippen LogP contribution in [0.3, 0.4) is 0 Å². The standard InChI is InChI=1S/C29H47N/c1-10-11-12-16-28-25(8)24(7)27(18-17-23(6)15-13-14-21(2)3)26(9)29(28)30-20-19-22(4)5/h14,17,22,30H,8-13,15-16,18-20H2,1-7H3/b23-17+. The molecule has 0 fully saturated rings. The van der Waals surface area contributed by atoms with Gasteiger partial charge in [0.05, 0.1) is 0 Å². The maximum absolute atomic E-state index is 4.54. The van der Waals surface area contributed by atoms with Gasteiger partial charge in [0.2, 0.25) is 0 Å². The average molecular weight is 410 g/mol. The van der Waals surface area contributed by atoms with E-state index in [9.17, 15) is 0 Å². The van der Waals surface area contributed by atoms with Crippen LogP contribution >= 0.6 is 0 Å². The fourth-order valence-electron chi connectivity index (χ4n) is 3.89. The summed E-state index contributed by atoms with van der Waals surface area (Å²) in [6.45, 7) is 25.7. The first kappa shape index (κ1) is 26.3. The predicted octanol–water partition coefficient (Wildman–Crippen LogP) is 7.24. The SMILES string of the molecule is C=c1c(C)c(C/C=C(\C)CCC=C(C)C)c(=C)c(NCCC(C)C)c1CCCCC. The van der Waals surface area contributed by atoms with Gasteiger partial charge in [-0.2, -0.15) is 0 Å². The van der Waals surface area contributed by atoms with Crippen LogP contribution in [0.15, 0.2) is 23.3 Å². The molecule has 1 nitrogen and oxygen atoms in total. The van der Waals surface area contributed by atoms with Crippen LogP contribution in [-0.4, -0.2) is 6.54 Å². The number of rotatable bonds is 13. The van der Waals surface area contributed by atoms with Crippen molar-refractivity contribution in [3.63, 3.8) is 0 Å². The number of hydrogen-bond acceptors (Lipinski definition) is 1. The highest BCUT2D eigenvalue weighted by Gasteiger charge is 2.12. The van der Waals surface area contributed by atoms with Gasteiger partial charge in [0.25, 0.3) is 0 Å². The quantitative estimate of drug-likeness (QED) is 0.267. The summed E-state index contributed by atoms with van der Waals surface area (Å²) in [5.41, 5.74) is 8.19. The average Bonchev–Trinajstić information content (AvgIpc) is 2.67. The van der Waals surface area contributed by atoms with Crippen molar-refractivity contribution in [1.82, 2.24) is 0 Å². The minimum Gasteiger partial charge on any atom is -0.384 e. The summed E-state index contributed by atoms with van der Waals surface area (Å²) in [5.74, 6) is 0.699. The number of nitrogens with one attached hydrogen (secondary N) is 1. The molecule has 0 aliphatic heterocycles. The van der Waals surface area contributed by atoms with Crippen molar-refractivity contribution >= 4 is 18.8 Å². The third-order valence-electron chi connectivity index (χ3n) is 6.04. The van der Waals surface area contributed by atoms with Crippen LogP contribution in [0.1, 0.15) is 96.8 Å². The molecule has 1 aromatic rings. The van der Waals surface area contributed by atoms with E-state index < -0.39 is 0 Å². The van der Waals surface area contributed by atoms with Crippen molar-refractivity contribution in [2.24, 2.45) is 5.92 Å². The van der Waals surface area contributed by atoms with Gasteiger partial charge in [-0.1, -0.05) is 70.1 Å². The molecule has 0 heterocycles. The van der Waals surface area contributed by atoms with Gasteiger partial charge in [-0.25, -0.2) is 0 Å². The van der Waals surface area contributed by atoms with Crippen LogP contribution in [0.4, 0.5) is 5.69 Å². The Morgan fingerprint density at radius 1 is 1.00 bits per heavy atom. The second kappa shape index (κ2) is 13.5. The second-order valence-electron chi connectivity index (χ2n) is 9.56. The highest BCUT2D eigenvalue weighted by Crippen LogP contribution is 2.17. The summed E-state index contributed by atoms with van der Waals surface area (Å²) in [6.07, 6.45) is 13.9. The number of hydrogen-bond donors (Lipinski definition) is 1. The van der Waals surface area contributed by atoms with Gasteiger partial charge < -0.3 is 5.32 Å². The lowest BCUT2D eigenvalue weighted by Crippen LogP contribution is -2.28. The topological polar surface area (TPSA) is 12.0 Å². The molecule has 1 aromatic carbocycles. The monoisotopic (exact) mass is 409 g/mol. The number of allylic oxidation sites excluding steroid dienone is 4. The molecule has 0 atom stereocenters. The summed E-state index contributed by atoms with van der Waals surface area (Å²) in [6, 6.07) is 0. The molecular formula is C29H47N. The van der Waals surface area contributed by atoms with E-state index in [2.05, 4.69) is 79.1 Å². The molecule has 168 valence electrons. The fourth-order valence-corrected chi connectivity index (χ4v) is 3.89. The molecule has 1 heteroatoms. The minimum atomic E-state index is 0.699. The van der Waals surface area contributed by atoms with Crippen LogP contribution in [-0.2, 0) is 12.8 Å². The van der Waals surface area contributed by atoms with E-state index in [0.717, 1.165) is 32.2 Å². The van der Waals surface area contributed by atoms with Gasteiger partial charge in [-0.3, -0.25) is 0 Å². The van der Waals surface area contributed by atoms with Crippen molar-refractivity contribution < 1.29 is 0 Å². The Morgan fingerprint density at radius 2 is 1.70 bits per heavy atom. The Bertz CT molecular complexity index is 819. The van der Waals surface area contributed by atoms with Crippen LogP contribution in [0.2, 0.25) is 0 Å². The Morgan fingerprint density at radius 3 is 2.30 bits per heavy atom. The zero-order chi connectivity index (χ0) is 22.7. The van der Waals surface area contributed by atoms with Gasteiger partial charge in [-0.05, 0) is 99.3 Å². The molecule has 0 aliphatic carbocycles. The Balaban J connectivity index is 3.20. The van der Waals surface area contributed by atoms with E-state index in [0.29, 0.717) is 5.92 Å². The molecule has 0 amide bonds. The highest BCUT2D eigenvalue weighted by atomic mass is 14.9. The second-order valence-corrected chi connectivity index (χ2v) is 9.56.